The summed E-state index contributed by atoms with van der Waals surface area (Å²) < 4.78 is 1.83. The number of hydrogen-bond donors (Lipinski definition) is 2. The van der Waals surface area contributed by atoms with Crippen molar-refractivity contribution in [2.24, 2.45) is 7.05 Å². The molecule has 0 bridgehead atoms. The van der Waals surface area contributed by atoms with Crippen molar-refractivity contribution >= 4 is 28.5 Å². The van der Waals surface area contributed by atoms with Crippen LogP contribution >= 0.6 is 11.6 Å². The Bertz CT molecular complexity index is 1200. The van der Waals surface area contributed by atoms with Crippen LogP contribution in [0.5, 0.6) is 0 Å². The number of fused-ring (bicyclic) bond motifs is 1. The van der Waals surface area contributed by atoms with E-state index in [4.69, 9.17) is 16.6 Å². The van der Waals surface area contributed by atoms with E-state index in [1.165, 1.54) is 0 Å². The number of amides is 1. The van der Waals surface area contributed by atoms with Gasteiger partial charge in [-0.15, -0.1) is 0 Å². The molecule has 3 aromatic carbocycles. The second-order valence-electron chi connectivity index (χ2n) is 6.86. The predicted octanol–water partition coefficient (Wildman–Crippen LogP) is 3.87. The van der Waals surface area contributed by atoms with Gasteiger partial charge in [0.15, 0.2) is 11.4 Å². The highest BCUT2D eigenvalue weighted by molar-refractivity contribution is 6.31. The van der Waals surface area contributed by atoms with Crippen LogP contribution in [0.2, 0.25) is 5.02 Å². The minimum atomic E-state index is -1.56. The SMILES string of the molecule is CNC(=O)c1cccc(C(O)(c2ccccc2)c2nc3ccc(Cl)cc3n2C)c1. The Morgan fingerprint density at radius 2 is 1.76 bits per heavy atom. The van der Waals surface area contributed by atoms with Crippen LogP contribution in [-0.4, -0.2) is 27.6 Å². The van der Waals surface area contributed by atoms with Gasteiger partial charge >= 0.3 is 0 Å². The number of nitrogens with one attached hydrogen (secondary N) is 1. The molecule has 6 heteroatoms. The molecule has 1 amide bonds. The number of nitrogens with zero attached hydrogens (tertiary/aromatic N) is 2. The number of benzene rings is 3. The minimum absolute atomic E-state index is 0.223. The molecule has 5 nitrogen and oxygen atoms in total. The fraction of sp³-hybridized carbons (Fsp3) is 0.130. The van der Waals surface area contributed by atoms with Crippen molar-refractivity contribution in [1.29, 1.82) is 0 Å². The van der Waals surface area contributed by atoms with E-state index in [1.807, 2.05) is 54.1 Å². The lowest BCUT2D eigenvalue weighted by Gasteiger charge is -2.29. The van der Waals surface area contributed by atoms with Crippen LogP contribution in [0, 0.1) is 0 Å². The number of aromatic nitrogens is 2. The summed E-state index contributed by atoms with van der Waals surface area (Å²) in [7, 11) is 3.42. The molecule has 0 aliphatic carbocycles. The number of halogens is 1. The van der Waals surface area contributed by atoms with E-state index in [0.29, 0.717) is 27.5 Å². The average molecular weight is 406 g/mol. The largest absolute Gasteiger partial charge is 0.373 e. The molecule has 4 rings (SSSR count). The second-order valence-corrected chi connectivity index (χ2v) is 7.30. The lowest BCUT2D eigenvalue weighted by Crippen LogP contribution is -2.32. The zero-order valence-corrected chi connectivity index (χ0v) is 16.8. The van der Waals surface area contributed by atoms with Crippen molar-refractivity contribution in [3.8, 4) is 0 Å². The molecular formula is C23H20ClN3O2. The van der Waals surface area contributed by atoms with Crippen molar-refractivity contribution in [3.63, 3.8) is 0 Å². The van der Waals surface area contributed by atoms with E-state index in [2.05, 4.69) is 5.32 Å². The molecule has 0 saturated heterocycles. The number of carbonyl (C=O) groups is 1. The van der Waals surface area contributed by atoms with Gasteiger partial charge in [0.1, 0.15) is 0 Å². The highest BCUT2D eigenvalue weighted by Crippen LogP contribution is 2.37. The Hall–Kier alpha value is -3.15. The number of aryl methyl sites for hydroxylation is 1. The van der Waals surface area contributed by atoms with Gasteiger partial charge < -0.3 is 15.0 Å². The number of rotatable bonds is 4. The fourth-order valence-electron chi connectivity index (χ4n) is 3.62. The Morgan fingerprint density at radius 1 is 1.03 bits per heavy atom. The first-order chi connectivity index (χ1) is 13.9. The zero-order valence-electron chi connectivity index (χ0n) is 16.1. The van der Waals surface area contributed by atoms with Gasteiger partial charge in [-0.2, -0.15) is 0 Å². The fourth-order valence-corrected chi connectivity index (χ4v) is 3.79. The van der Waals surface area contributed by atoms with Crippen molar-refractivity contribution in [3.05, 3.63) is 100 Å². The molecule has 0 aliphatic heterocycles. The van der Waals surface area contributed by atoms with Gasteiger partial charge in [0.05, 0.1) is 11.0 Å². The lowest BCUT2D eigenvalue weighted by atomic mass is 9.84. The third-order valence-electron chi connectivity index (χ3n) is 5.13. The maximum absolute atomic E-state index is 12.2. The summed E-state index contributed by atoms with van der Waals surface area (Å²) in [6.07, 6.45) is 0. The van der Waals surface area contributed by atoms with E-state index < -0.39 is 5.60 Å². The Labute approximate surface area is 173 Å². The number of hydrogen-bond acceptors (Lipinski definition) is 3. The maximum atomic E-state index is 12.2. The summed E-state index contributed by atoms with van der Waals surface area (Å²) in [5.74, 6) is 0.217. The first kappa shape index (κ1) is 19.2. The molecule has 0 radical (unpaired) electrons. The highest BCUT2D eigenvalue weighted by Gasteiger charge is 2.38. The van der Waals surface area contributed by atoms with Gasteiger partial charge in [0, 0.05) is 24.7 Å². The van der Waals surface area contributed by atoms with Gasteiger partial charge in [0.2, 0.25) is 0 Å². The molecule has 1 unspecified atom stereocenters. The van der Waals surface area contributed by atoms with Crippen LogP contribution < -0.4 is 5.32 Å². The molecule has 29 heavy (non-hydrogen) atoms. The molecular weight excluding hydrogens is 386 g/mol. The van der Waals surface area contributed by atoms with E-state index in [0.717, 1.165) is 11.0 Å². The molecule has 0 aliphatic rings. The predicted molar refractivity (Wildman–Crippen MR) is 114 cm³/mol. The Kier molecular flexibility index (Phi) is 4.86. The van der Waals surface area contributed by atoms with E-state index in [1.54, 1.807) is 37.4 Å². The summed E-state index contributed by atoms with van der Waals surface area (Å²) in [5.41, 5.74) is 1.63. The van der Waals surface area contributed by atoms with Crippen molar-refractivity contribution < 1.29 is 9.90 Å². The molecule has 146 valence electrons. The summed E-state index contributed by atoms with van der Waals surface area (Å²) in [6, 6.07) is 21.7. The molecule has 0 saturated carbocycles. The van der Waals surface area contributed by atoms with Gasteiger partial charge in [-0.25, -0.2) is 4.98 Å². The Morgan fingerprint density at radius 3 is 2.48 bits per heavy atom. The summed E-state index contributed by atoms with van der Waals surface area (Å²) in [4.78, 5) is 16.9. The molecule has 1 atom stereocenters. The summed E-state index contributed by atoms with van der Waals surface area (Å²) >= 11 is 6.17. The van der Waals surface area contributed by atoms with E-state index in [9.17, 15) is 9.90 Å². The highest BCUT2D eigenvalue weighted by atomic mass is 35.5. The van der Waals surface area contributed by atoms with Crippen LogP contribution in [0.1, 0.15) is 27.3 Å². The second kappa shape index (κ2) is 7.35. The van der Waals surface area contributed by atoms with Crippen LogP contribution in [0.15, 0.2) is 72.8 Å². The number of aliphatic hydroxyl groups is 1. The van der Waals surface area contributed by atoms with E-state index >= 15 is 0 Å². The minimum Gasteiger partial charge on any atom is -0.373 e. The van der Waals surface area contributed by atoms with Crippen LogP contribution in [0.4, 0.5) is 0 Å². The van der Waals surface area contributed by atoms with Crippen LogP contribution in [0.25, 0.3) is 11.0 Å². The molecule has 0 spiro atoms. The van der Waals surface area contributed by atoms with Gasteiger partial charge in [0.25, 0.3) is 5.91 Å². The lowest BCUT2D eigenvalue weighted by molar-refractivity contribution is 0.0961. The third-order valence-corrected chi connectivity index (χ3v) is 5.36. The average Bonchev–Trinajstić information content (AvgIpc) is 3.09. The maximum Gasteiger partial charge on any atom is 0.251 e. The van der Waals surface area contributed by atoms with Gasteiger partial charge in [-0.3, -0.25) is 4.79 Å². The zero-order chi connectivity index (χ0) is 20.6. The number of imidazole rings is 1. The van der Waals surface area contributed by atoms with Crippen LogP contribution in [-0.2, 0) is 12.6 Å². The Balaban J connectivity index is 2.02. The summed E-state index contributed by atoms with van der Waals surface area (Å²) in [5, 5.41) is 15.3. The van der Waals surface area contributed by atoms with Gasteiger partial charge in [-0.1, -0.05) is 54.1 Å². The van der Waals surface area contributed by atoms with Crippen molar-refractivity contribution in [1.82, 2.24) is 14.9 Å². The third kappa shape index (κ3) is 3.18. The topological polar surface area (TPSA) is 67.2 Å². The summed E-state index contributed by atoms with van der Waals surface area (Å²) in [6.45, 7) is 0. The van der Waals surface area contributed by atoms with Crippen molar-refractivity contribution in [2.75, 3.05) is 7.05 Å². The van der Waals surface area contributed by atoms with E-state index in [-0.39, 0.29) is 5.91 Å². The first-order valence-corrected chi connectivity index (χ1v) is 9.56. The molecule has 4 aromatic rings. The first-order valence-electron chi connectivity index (χ1n) is 9.18. The molecule has 1 heterocycles. The molecule has 0 fully saturated rings. The standard InChI is InChI=1S/C23H20ClN3O2/c1-25-21(28)15-7-6-10-17(13-15)23(29,16-8-4-3-5-9-16)22-26-19-12-11-18(24)14-20(19)27(22)2/h3-14,29H,1-2H3,(H,25,28). The monoisotopic (exact) mass is 405 g/mol. The number of carbonyl (C=O) groups excluding carboxylic acids is 1. The van der Waals surface area contributed by atoms with Crippen molar-refractivity contribution in [2.45, 2.75) is 5.60 Å². The molecule has 1 aromatic heterocycles. The smallest absolute Gasteiger partial charge is 0.251 e. The van der Waals surface area contributed by atoms with Crippen LogP contribution in [0.3, 0.4) is 0 Å². The molecule has 2 N–H and O–H groups in total. The normalized spacial score (nSPS) is 13.2. The quantitative estimate of drug-likeness (QED) is 0.541. The van der Waals surface area contributed by atoms with Gasteiger partial charge in [-0.05, 0) is 41.5 Å².